The van der Waals surface area contributed by atoms with E-state index in [1.54, 1.807) is 18.5 Å². The molecule has 2 aromatic carbocycles. The van der Waals surface area contributed by atoms with Crippen LogP contribution in [-0.2, 0) is 16.0 Å². The molecule has 0 aliphatic heterocycles. The molecule has 1 aliphatic rings. The fourth-order valence-corrected chi connectivity index (χ4v) is 3.99. The summed E-state index contributed by atoms with van der Waals surface area (Å²) in [5.74, 6) is -1.29. The number of pyridine rings is 1. The molecule has 0 radical (unpaired) electrons. The highest BCUT2D eigenvalue weighted by Gasteiger charge is 2.29. The van der Waals surface area contributed by atoms with Crippen LogP contribution in [0.3, 0.4) is 0 Å². The van der Waals surface area contributed by atoms with Crippen molar-refractivity contribution in [3.63, 3.8) is 0 Å². The molecule has 1 amide bonds. The summed E-state index contributed by atoms with van der Waals surface area (Å²) < 4.78 is 5.51. The molecular weight excluding hydrogens is 380 g/mol. The number of aromatic nitrogens is 1. The number of carbonyl (C=O) groups excluding carboxylic acids is 2. The molecule has 6 nitrogen and oxygen atoms in total. The molecule has 0 saturated carbocycles. The van der Waals surface area contributed by atoms with Crippen LogP contribution >= 0.6 is 0 Å². The first-order chi connectivity index (χ1) is 14.6. The third-order valence-electron chi connectivity index (χ3n) is 5.28. The Bertz CT molecular complexity index is 1010. The maximum absolute atomic E-state index is 12.4. The largest absolute Gasteiger partial charge is 0.550 e. The Morgan fingerprint density at radius 1 is 1.00 bits per heavy atom. The zero-order valence-electron chi connectivity index (χ0n) is 16.3. The normalized spacial score (nSPS) is 13.2. The third kappa shape index (κ3) is 4.33. The minimum Gasteiger partial charge on any atom is -0.550 e. The quantitative estimate of drug-likeness (QED) is 0.657. The molecule has 1 N–H and O–H groups in total. The number of nitrogens with zero attached hydrogens (tertiary/aromatic N) is 1. The van der Waals surface area contributed by atoms with E-state index >= 15 is 0 Å². The summed E-state index contributed by atoms with van der Waals surface area (Å²) in [5.41, 5.74) is 5.35. The fourth-order valence-electron chi connectivity index (χ4n) is 3.99. The molecule has 1 atom stereocenters. The molecule has 4 rings (SSSR count). The number of carboxylic acid groups (broad SMARTS) is 1. The van der Waals surface area contributed by atoms with Crippen molar-refractivity contribution in [2.75, 3.05) is 6.61 Å². The van der Waals surface area contributed by atoms with Gasteiger partial charge in [-0.15, -0.1) is 0 Å². The van der Waals surface area contributed by atoms with Gasteiger partial charge in [-0.1, -0.05) is 54.6 Å². The number of amides is 1. The number of nitrogens with one attached hydrogen (secondary N) is 1. The van der Waals surface area contributed by atoms with Gasteiger partial charge in [-0.3, -0.25) is 4.98 Å². The predicted octanol–water partition coefficient (Wildman–Crippen LogP) is 2.67. The summed E-state index contributed by atoms with van der Waals surface area (Å²) in [6.07, 6.45) is 2.65. The number of ether oxygens (including phenoxy) is 1. The van der Waals surface area contributed by atoms with Crippen LogP contribution in [-0.4, -0.2) is 29.7 Å². The number of fused-ring (bicyclic) bond motifs is 3. The maximum atomic E-state index is 12.4. The molecule has 1 aromatic heterocycles. The van der Waals surface area contributed by atoms with E-state index in [9.17, 15) is 14.7 Å². The van der Waals surface area contributed by atoms with E-state index in [1.807, 2.05) is 42.5 Å². The molecule has 0 fully saturated rings. The first-order valence-corrected chi connectivity index (χ1v) is 9.82. The zero-order chi connectivity index (χ0) is 20.9. The van der Waals surface area contributed by atoms with Crippen LogP contribution in [0.5, 0.6) is 0 Å². The minimum atomic E-state index is -1.23. The van der Waals surface area contributed by atoms with Gasteiger partial charge in [0, 0.05) is 36.7 Å². The third-order valence-corrected chi connectivity index (χ3v) is 5.28. The van der Waals surface area contributed by atoms with E-state index in [0.29, 0.717) is 6.42 Å². The van der Waals surface area contributed by atoms with E-state index in [4.69, 9.17) is 4.74 Å². The zero-order valence-corrected chi connectivity index (χ0v) is 16.3. The van der Waals surface area contributed by atoms with Crippen molar-refractivity contribution in [3.05, 3.63) is 89.7 Å². The Kier molecular flexibility index (Phi) is 5.75. The number of alkyl carbamates (subject to hydrolysis) is 1. The van der Waals surface area contributed by atoms with Crippen LogP contribution < -0.4 is 10.4 Å². The van der Waals surface area contributed by atoms with Gasteiger partial charge >= 0.3 is 6.09 Å². The standard InChI is InChI=1S/C24H22N2O4/c27-23(28)13-17(12-16-6-5-11-25-14-16)26-24(29)30-15-22-20-9-3-1-7-18(20)19-8-2-4-10-21(19)22/h1-11,14,17,22H,12-13,15H2,(H,26,29)(H,27,28)/p-1/t17-/m0/s1. The summed E-state index contributed by atoms with van der Waals surface area (Å²) in [6, 6.07) is 19.1. The number of hydrogen-bond donors (Lipinski definition) is 1. The fraction of sp³-hybridized carbons (Fsp3) is 0.208. The van der Waals surface area contributed by atoms with Gasteiger partial charge in [0.05, 0.1) is 0 Å². The van der Waals surface area contributed by atoms with Gasteiger partial charge in [0.2, 0.25) is 0 Å². The first kappa shape index (κ1) is 19.6. The number of carboxylic acids is 1. The summed E-state index contributed by atoms with van der Waals surface area (Å²) in [7, 11) is 0. The average molecular weight is 401 g/mol. The molecule has 0 saturated heterocycles. The van der Waals surface area contributed by atoms with E-state index in [-0.39, 0.29) is 18.9 Å². The van der Waals surface area contributed by atoms with Gasteiger partial charge in [-0.2, -0.15) is 0 Å². The smallest absolute Gasteiger partial charge is 0.407 e. The van der Waals surface area contributed by atoms with E-state index < -0.39 is 18.1 Å². The van der Waals surface area contributed by atoms with Crippen LogP contribution in [0.4, 0.5) is 4.79 Å². The van der Waals surface area contributed by atoms with Gasteiger partial charge in [0.25, 0.3) is 0 Å². The lowest BCUT2D eigenvalue weighted by Gasteiger charge is -2.20. The van der Waals surface area contributed by atoms with Crippen molar-refractivity contribution in [2.24, 2.45) is 0 Å². The van der Waals surface area contributed by atoms with Gasteiger partial charge < -0.3 is 20.0 Å². The number of rotatable bonds is 7. The Hall–Kier alpha value is -3.67. The van der Waals surface area contributed by atoms with E-state index in [0.717, 1.165) is 27.8 Å². The lowest BCUT2D eigenvalue weighted by atomic mass is 9.98. The van der Waals surface area contributed by atoms with Crippen molar-refractivity contribution in [1.82, 2.24) is 10.3 Å². The van der Waals surface area contributed by atoms with E-state index in [1.165, 1.54) is 0 Å². The minimum absolute atomic E-state index is 0.0546. The predicted molar refractivity (Wildman–Crippen MR) is 110 cm³/mol. The Morgan fingerprint density at radius 3 is 2.27 bits per heavy atom. The molecule has 0 unspecified atom stereocenters. The summed E-state index contributed by atoms with van der Waals surface area (Å²) >= 11 is 0. The molecule has 152 valence electrons. The second-order valence-electron chi connectivity index (χ2n) is 7.31. The summed E-state index contributed by atoms with van der Waals surface area (Å²) in [4.78, 5) is 27.6. The lowest BCUT2D eigenvalue weighted by Crippen LogP contribution is -2.41. The van der Waals surface area contributed by atoms with Crippen LogP contribution in [0.25, 0.3) is 11.1 Å². The molecule has 0 spiro atoms. The SMILES string of the molecule is O=C([O-])C[C@H](Cc1cccnc1)NC(=O)OCC1c2ccccc2-c2ccccc21. The number of aliphatic carboxylic acids is 1. The van der Waals surface area contributed by atoms with Crippen LogP contribution in [0.15, 0.2) is 73.1 Å². The van der Waals surface area contributed by atoms with Gasteiger partial charge in [0.15, 0.2) is 0 Å². The van der Waals surface area contributed by atoms with Crippen LogP contribution in [0.2, 0.25) is 0 Å². The number of hydrogen-bond acceptors (Lipinski definition) is 5. The van der Waals surface area contributed by atoms with Gasteiger partial charge in [-0.05, 0) is 40.3 Å². The highest BCUT2D eigenvalue weighted by molar-refractivity contribution is 5.79. The summed E-state index contributed by atoms with van der Waals surface area (Å²) in [5, 5.41) is 13.8. The molecule has 3 aromatic rings. The Balaban J connectivity index is 1.43. The lowest BCUT2D eigenvalue weighted by molar-refractivity contribution is -0.306. The highest BCUT2D eigenvalue weighted by Crippen LogP contribution is 2.44. The molecule has 0 bridgehead atoms. The highest BCUT2D eigenvalue weighted by atomic mass is 16.5. The van der Waals surface area contributed by atoms with Crippen LogP contribution in [0, 0.1) is 0 Å². The van der Waals surface area contributed by atoms with Crippen molar-refractivity contribution < 1.29 is 19.4 Å². The van der Waals surface area contributed by atoms with Crippen molar-refractivity contribution >= 4 is 12.1 Å². The van der Waals surface area contributed by atoms with Crippen LogP contribution in [0.1, 0.15) is 29.0 Å². The topological polar surface area (TPSA) is 91.4 Å². The second-order valence-corrected chi connectivity index (χ2v) is 7.31. The summed E-state index contributed by atoms with van der Waals surface area (Å²) in [6.45, 7) is 0.171. The van der Waals surface area contributed by atoms with Gasteiger partial charge in [-0.25, -0.2) is 4.79 Å². The molecular formula is C24H21N2O4-. The van der Waals surface area contributed by atoms with Crippen molar-refractivity contribution in [3.8, 4) is 11.1 Å². The first-order valence-electron chi connectivity index (χ1n) is 9.82. The number of benzene rings is 2. The molecule has 30 heavy (non-hydrogen) atoms. The van der Waals surface area contributed by atoms with E-state index in [2.05, 4.69) is 22.4 Å². The second kappa shape index (κ2) is 8.78. The molecule has 1 aliphatic carbocycles. The number of carbonyl (C=O) groups is 2. The molecule has 6 heteroatoms. The van der Waals surface area contributed by atoms with Crippen molar-refractivity contribution in [1.29, 1.82) is 0 Å². The van der Waals surface area contributed by atoms with Crippen molar-refractivity contribution in [2.45, 2.75) is 24.8 Å². The Morgan fingerprint density at radius 2 is 1.67 bits per heavy atom. The molecule has 1 heterocycles. The Labute approximate surface area is 174 Å². The average Bonchev–Trinajstić information content (AvgIpc) is 3.06. The van der Waals surface area contributed by atoms with Gasteiger partial charge in [0.1, 0.15) is 6.61 Å². The maximum Gasteiger partial charge on any atom is 0.407 e. The monoisotopic (exact) mass is 401 g/mol.